The number of halogens is 1. The molecule has 3 aromatic rings. The van der Waals surface area contributed by atoms with E-state index >= 15 is 0 Å². The van der Waals surface area contributed by atoms with Crippen molar-refractivity contribution in [3.05, 3.63) is 94.8 Å². The molecule has 0 aromatic heterocycles. The van der Waals surface area contributed by atoms with Gasteiger partial charge < -0.3 is 9.64 Å². The average molecular weight is 413 g/mol. The topological polar surface area (TPSA) is 54.3 Å². The van der Waals surface area contributed by atoms with E-state index in [1.165, 1.54) is 12.1 Å². The molecule has 0 N–H and O–H groups in total. The third-order valence-corrected chi connectivity index (χ3v) is 5.45. The Morgan fingerprint density at radius 3 is 2.58 bits per heavy atom. The van der Waals surface area contributed by atoms with E-state index in [0.717, 1.165) is 33.7 Å². The Kier molecular flexibility index (Phi) is 4.82. The van der Waals surface area contributed by atoms with Gasteiger partial charge in [-0.1, -0.05) is 30.3 Å². The van der Waals surface area contributed by atoms with E-state index in [9.17, 15) is 9.18 Å². The number of carbonyl (C=O) groups excluding carboxylic acids is 1. The molecule has 2 aliphatic heterocycles. The van der Waals surface area contributed by atoms with Crippen molar-refractivity contribution in [1.82, 2.24) is 0 Å². The maximum atomic E-state index is 13.5. The number of ether oxygens (including phenoxy) is 1. The molecule has 6 heteroatoms. The second-order valence-corrected chi connectivity index (χ2v) is 7.70. The third kappa shape index (κ3) is 3.72. The molecule has 0 bridgehead atoms. The number of anilines is 1. The lowest BCUT2D eigenvalue weighted by atomic mass is 9.93. The predicted molar refractivity (Wildman–Crippen MR) is 118 cm³/mol. The minimum atomic E-state index is -0.304. The highest BCUT2D eigenvalue weighted by atomic mass is 19.1. The van der Waals surface area contributed by atoms with E-state index in [1.54, 1.807) is 17.0 Å². The zero-order valence-corrected chi connectivity index (χ0v) is 17.0. The molecule has 2 aliphatic rings. The van der Waals surface area contributed by atoms with Gasteiger partial charge in [0.1, 0.15) is 17.3 Å². The number of fused-ring (bicyclic) bond motifs is 2. The highest BCUT2D eigenvalue weighted by Crippen LogP contribution is 2.37. The van der Waals surface area contributed by atoms with Crippen LogP contribution in [0.2, 0.25) is 0 Å². The maximum Gasteiger partial charge on any atom is 0.265 e. The summed E-state index contributed by atoms with van der Waals surface area (Å²) in [6.45, 7) is 2.38. The smallest absolute Gasteiger partial charge is 0.265 e. The molecule has 5 nitrogen and oxygen atoms in total. The van der Waals surface area contributed by atoms with Crippen LogP contribution in [0.15, 0.2) is 76.9 Å². The Bertz CT molecular complexity index is 1220. The molecule has 0 aliphatic carbocycles. The van der Waals surface area contributed by atoms with Crippen molar-refractivity contribution in [2.45, 2.75) is 19.9 Å². The van der Waals surface area contributed by atoms with Crippen LogP contribution >= 0.6 is 0 Å². The van der Waals surface area contributed by atoms with Gasteiger partial charge in [-0.2, -0.15) is 5.10 Å². The van der Waals surface area contributed by atoms with Crippen molar-refractivity contribution in [1.29, 1.82) is 0 Å². The molecule has 31 heavy (non-hydrogen) atoms. The minimum Gasteiger partial charge on any atom is -0.482 e. The van der Waals surface area contributed by atoms with Crippen molar-refractivity contribution in [3.63, 3.8) is 0 Å². The van der Waals surface area contributed by atoms with Gasteiger partial charge in [0.15, 0.2) is 6.61 Å². The fourth-order valence-corrected chi connectivity index (χ4v) is 3.92. The SMILES string of the molecule is CC1=NN=C(c2ccc(F)cc2)c2cc3c(cc2C1)N(Cc1ccccc1)C(=O)CO3. The summed E-state index contributed by atoms with van der Waals surface area (Å²) in [6.07, 6.45) is 0.601. The second-order valence-electron chi connectivity index (χ2n) is 7.70. The minimum absolute atomic E-state index is 0.0167. The molecule has 0 saturated carbocycles. The first-order valence-corrected chi connectivity index (χ1v) is 10.1. The fourth-order valence-electron chi connectivity index (χ4n) is 3.92. The molecule has 0 fully saturated rings. The van der Waals surface area contributed by atoms with E-state index in [0.29, 0.717) is 24.4 Å². The lowest BCUT2D eigenvalue weighted by molar-refractivity contribution is -0.121. The summed E-state index contributed by atoms with van der Waals surface area (Å²) in [5.41, 5.74) is 5.95. The molecule has 1 amide bonds. The normalized spacial score (nSPS) is 15.3. The molecule has 0 unspecified atom stereocenters. The van der Waals surface area contributed by atoms with Gasteiger partial charge >= 0.3 is 0 Å². The number of rotatable bonds is 3. The molecule has 0 spiro atoms. The van der Waals surface area contributed by atoms with Crippen molar-refractivity contribution < 1.29 is 13.9 Å². The maximum absolute atomic E-state index is 13.5. The third-order valence-electron chi connectivity index (χ3n) is 5.45. The highest BCUT2D eigenvalue weighted by molar-refractivity contribution is 6.16. The van der Waals surface area contributed by atoms with Crippen LogP contribution in [0.5, 0.6) is 5.75 Å². The average Bonchev–Trinajstić information content (AvgIpc) is 2.94. The molecule has 2 heterocycles. The molecule has 154 valence electrons. The van der Waals surface area contributed by atoms with Gasteiger partial charge in [0.05, 0.1) is 12.2 Å². The van der Waals surface area contributed by atoms with Gasteiger partial charge in [0.2, 0.25) is 0 Å². The van der Waals surface area contributed by atoms with Crippen molar-refractivity contribution in [3.8, 4) is 5.75 Å². The lowest BCUT2D eigenvalue weighted by Crippen LogP contribution is -2.38. The van der Waals surface area contributed by atoms with E-state index in [1.807, 2.05) is 49.4 Å². The molecule has 5 rings (SSSR count). The molecule has 0 atom stereocenters. The van der Waals surface area contributed by atoms with Gasteiger partial charge in [-0.15, -0.1) is 5.10 Å². The first kappa shape index (κ1) is 19.2. The van der Waals surface area contributed by atoms with Crippen LogP contribution in [0.4, 0.5) is 10.1 Å². The lowest BCUT2D eigenvalue weighted by Gasteiger charge is -2.30. The molecular formula is C25H20FN3O2. The first-order valence-electron chi connectivity index (χ1n) is 10.1. The van der Waals surface area contributed by atoms with Gasteiger partial charge in [0, 0.05) is 23.3 Å². The fraction of sp³-hybridized carbons (Fsp3) is 0.160. The largest absolute Gasteiger partial charge is 0.482 e. The summed E-state index contributed by atoms with van der Waals surface area (Å²) in [5.74, 6) is 0.244. The van der Waals surface area contributed by atoms with Crippen LogP contribution in [0.1, 0.15) is 29.2 Å². The van der Waals surface area contributed by atoms with Crippen LogP contribution < -0.4 is 9.64 Å². The van der Waals surface area contributed by atoms with Crippen LogP contribution in [0.3, 0.4) is 0 Å². The van der Waals surface area contributed by atoms with Gasteiger partial charge in [-0.25, -0.2) is 4.39 Å². The summed E-state index contributed by atoms with van der Waals surface area (Å²) >= 11 is 0. The number of benzene rings is 3. The van der Waals surface area contributed by atoms with E-state index in [-0.39, 0.29) is 18.3 Å². The van der Waals surface area contributed by atoms with Crippen molar-refractivity contribution >= 4 is 23.0 Å². The molecule has 0 radical (unpaired) electrons. The van der Waals surface area contributed by atoms with Crippen LogP contribution in [-0.2, 0) is 17.8 Å². The Hall–Kier alpha value is -3.80. The van der Waals surface area contributed by atoms with E-state index < -0.39 is 0 Å². The summed E-state index contributed by atoms with van der Waals surface area (Å²) < 4.78 is 19.2. The van der Waals surface area contributed by atoms with Crippen molar-refractivity contribution in [2.75, 3.05) is 11.5 Å². The van der Waals surface area contributed by atoms with Gasteiger partial charge in [-0.3, -0.25) is 4.79 Å². The summed E-state index contributed by atoms with van der Waals surface area (Å²) in [6, 6.07) is 20.0. The highest BCUT2D eigenvalue weighted by Gasteiger charge is 2.29. The number of hydrogen-bond acceptors (Lipinski definition) is 4. The number of nitrogens with zero attached hydrogens (tertiary/aromatic N) is 3. The molecule has 3 aromatic carbocycles. The summed E-state index contributed by atoms with van der Waals surface area (Å²) in [7, 11) is 0. The first-order chi connectivity index (χ1) is 15.1. The number of carbonyl (C=O) groups is 1. The van der Waals surface area contributed by atoms with Crippen LogP contribution in [-0.4, -0.2) is 23.9 Å². The quantitative estimate of drug-likeness (QED) is 0.634. The van der Waals surface area contributed by atoms with Crippen LogP contribution in [0, 0.1) is 5.82 Å². The van der Waals surface area contributed by atoms with Gasteiger partial charge in [0.25, 0.3) is 5.91 Å². The zero-order valence-electron chi connectivity index (χ0n) is 17.0. The number of amides is 1. The zero-order chi connectivity index (χ0) is 21.4. The van der Waals surface area contributed by atoms with Gasteiger partial charge in [-0.05, 0) is 54.4 Å². The molecular weight excluding hydrogens is 393 g/mol. The standard InChI is InChI=1S/C25H20FN3O2/c1-16-11-19-12-22-23(31-15-24(30)29(22)14-17-5-3-2-4-6-17)13-21(19)25(28-27-16)18-7-9-20(26)10-8-18/h2-10,12-13H,11,14-15H2,1H3. The van der Waals surface area contributed by atoms with E-state index in [2.05, 4.69) is 10.2 Å². The monoisotopic (exact) mass is 413 g/mol. The van der Waals surface area contributed by atoms with Crippen molar-refractivity contribution in [2.24, 2.45) is 10.2 Å². The van der Waals surface area contributed by atoms with E-state index in [4.69, 9.17) is 4.74 Å². The Morgan fingerprint density at radius 1 is 1.03 bits per heavy atom. The summed E-state index contributed by atoms with van der Waals surface area (Å²) in [4.78, 5) is 14.5. The summed E-state index contributed by atoms with van der Waals surface area (Å²) in [5, 5.41) is 8.78. The molecule has 0 saturated heterocycles. The Morgan fingerprint density at radius 2 is 1.81 bits per heavy atom. The number of hydrogen-bond donors (Lipinski definition) is 0. The second kappa shape index (κ2) is 7.80. The Labute approximate surface area is 179 Å². The van der Waals surface area contributed by atoms with Crippen LogP contribution in [0.25, 0.3) is 0 Å². The predicted octanol–water partition coefficient (Wildman–Crippen LogP) is 4.52. The Balaban J connectivity index is 1.61.